The van der Waals surface area contributed by atoms with E-state index in [1.54, 1.807) is 32.4 Å². The van der Waals surface area contributed by atoms with Gasteiger partial charge < -0.3 is 25.3 Å². The molecular formula is C20H26N2O4. The predicted octanol–water partition coefficient (Wildman–Crippen LogP) is 3.51. The van der Waals surface area contributed by atoms with Gasteiger partial charge in [0.25, 0.3) is 0 Å². The lowest BCUT2D eigenvalue weighted by Crippen LogP contribution is -2.13. The molecule has 0 bridgehead atoms. The predicted molar refractivity (Wildman–Crippen MR) is 103 cm³/mol. The first-order valence-corrected chi connectivity index (χ1v) is 8.60. The smallest absolute Gasteiger partial charge is 0.340 e. The van der Waals surface area contributed by atoms with Crippen LogP contribution in [0.2, 0.25) is 0 Å². The van der Waals surface area contributed by atoms with Gasteiger partial charge in [0, 0.05) is 17.9 Å². The van der Waals surface area contributed by atoms with Crippen LogP contribution in [0.25, 0.3) is 0 Å². The maximum Gasteiger partial charge on any atom is 0.340 e. The van der Waals surface area contributed by atoms with Gasteiger partial charge in [0.15, 0.2) is 11.5 Å². The largest absolute Gasteiger partial charge is 0.493 e. The van der Waals surface area contributed by atoms with E-state index in [2.05, 4.69) is 5.32 Å². The molecule has 0 spiro atoms. The number of nitrogens with one attached hydrogen (secondary N) is 1. The number of ether oxygens (including phenoxy) is 3. The molecule has 0 aliphatic rings. The molecule has 0 amide bonds. The van der Waals surface area contributed by atoms with E-state index in [1.807, 2.05) is 25.1 Å². The van der Waals surface area contributed by atoms with Gasteiger partial charge in [0.2, 0.25) is 0 Å². The molecule has 3 N–H and O–H groups in total. The summed E-state index contributed by atoms with van der Waals surface area (Å²) in [5, 5.41) is 3.28. The Hall–Kier alpha value is -2.89. The van der Waals surface area contributed by atoms with Gasteiger partial charge >= 0.3 is 5.97 Å². The summed E-state index contributed by atoms with van der Waals surface area (Å²) in [5.41, 5.74) is 8.60. The van der Waals surface area contributed by atoms with Crippen LogP contribution in [0.1, 0.15) is 29.3 Å². The fraction of sp³-hybridized carbons (Fsp3) is 0.350. The lowest BCUT2D eigenvalue weighted by Gasteiger charge is -2.13. The topological polar surface area (TPSA) is 82.8 Å². The number of benzene rings is 2. The third-order valence-electron chi connectivity index (χ3n) is 3.88. The summed E-state index contributed by atoms with van der Waals surface area (Å²) in [4.78, 5) is 12.2. The van der Waals surface area contributed by atoms with Crippen molar-refractivity contribution in [3.05, 3.63) is 47.5 Å². The zero-order chi connectivity index (χ0) is 18.9. The van der Waals surface area contributed by atoms with Crippen molar-refractivity contribution >= 4 is 17.3 Å². The van der Waals surface area contributed by atoms with Crippen LogP contribution in [-0.2, 0) is 11.2 Å². The highest BCUT2D eigenvalue weighted by molar-refractivity contribution is 5.96. The molecule has 2 aromatic carbocycles. The van der Waals surface area contributed by atoms with Crippen LogP contribution in [0, 0.1) is 0 Å². The molecule has 0 aliphatic heterocycles. The van der Waals surface area contributed by atoms with Crippen LogP contribution in [0.3, 0.4) is 0 Å². The molecule has 0 unspecified atom stereocenters. The van der Waals surface area contributed by atoms with Crippen molar-refractivity contribution in [3.8, 4) is 11.5 Å². The van der Waals surface area contributed by atoms with Crippen molar-refractivity contribution < 1.29 is 19.0 Å². The first-order valence-electron chi connectivity index (χ1n) is 8.60. The van der Waals surface area contributed by atoms with Crippen molar-refractivity contribution in [2.45, 2.75) is 19.8 Å². The summed E-state index contributed by atoms with van der Waals surface area (Å²) in [6.45, 7) is 2.99. The average Bonchev–Trinajstić information content (AvgIpc) is 2.66. The molecule has 6 heteroatoms. The molecule has 0 atom stereocenters. The van der Waals surface area contributed by atoms with Crippen molar-refractivity contribution in [1.82, 2.24) is 0 Å². The Morgan fingerprint density at radius 3 is 2.54 bits per heavy atom. The fourth-order valence-corrected chi connectivity index (χ4v) is 2.54. The number of anilines is 2. The van der Waals surface area contributed by atoms with Crippen LogP contribution in [-0.4, -0.2) is 33.3 Å². The number of hydrogen-bond donors (Lipinski definition) is 2. The normalized spacial score (nSPS) is 10.3. The van der Waals surface area contributed by atoms with Gasteiger partial charge in [-0.15, -0.1) is 0 Å². The molecule has 0 heterocycles. The number of carbonyl (C=O) groups excluding carboxylic acids is 1. The number of carbonyl (C=O) groups is 1. The molecule has 0 aliphatic carbocycles. The van der Waals surface area contributed by atoms with E-state index in [9.17, 15) is 4.79 Å². The van der Waals surface area contributed by atoms with Crippen LogP contribution in [0.15, 0.2) is 36.4 Å². The van der Waals surface area contributed by atoms with Gasteiger partial charge in [-0.1, -0.05) is 13.0 Å². The van der Waals surface area contributed by atoms with Gasteiger partial charge in [-0.05, 0) is 48.7 Å². The minimum Gasteiger partial charge on any atom is -0.493 e. The van der Waals surface area contributed by atoms with E-state index >= 15 is 0 Å². The molecule has 2 rings (SSSR count). The minimum atomic E-state index is -0.368. The highest BCUT2D eigenvalue weighted by Gasteiger charge is 2.13. The number of hydrogen-bond acceptors (Lipinski definition) is 6. The SMILES string of the molecule is CCCOC(=O)c1cc(N)ccc1NCCc1ccc(OC)c(OC)c1. The fourth-order valence-electron chi connectivity index (χ4n) is 2.54. The van der Waals surface area contributed by atoms with E-state index in [0.717, 1.165) is 18.4 Å². The van der Waals surface area contributed by atoms with Crippen LogP contribution < -0.4 is 20.5 Å². The highest BCUT2D eigenvalue weighted by atomic mass is 16.5. The van der Waals surface area contributed by atoms with Gasteiger partial charge in [0.1, 0.15) is 0 Å². The molecule has 140 valence electrons. The summed E-state index contributed by atoms with van der Waals surface area (Å²) in [6, 6.07) is 11.0. The lowest BCUT2D eigenvalue weighted by molar-refractivity contribution is 0.0506. The van der Waals surface area contributed by atoms with E-state index in [-0.39, 0.29) is 5.97 Å². The number of nitrogen functional groups attached to an aromatic ring is 1. The van der Waals surface area contributed by atoms with E-state index in [4.69, 9.17) is 19.9 Å². The quantitative estimate of drug-likeness (QED) is 0.527. The third-order valence-corrected chi connectivity index (χ3v) is 3.88. The molecule has 0 radical (unpaired) electrons. The summed E-state index contributed by atoms with van der Waals surface area (Å²) in [7, 11) is 3.22. The Bertz CT molecular complexity index is 747. The monoisotopic (exact) mass is 358 g/mol. The van der Waals surface area contributed by atoms with Crippen LogP contribution in [0.5, 0.6) is 11.5 Å². The van der Waals surface area contributed by atoms with Crippen molar-refractivity contribution in [1.29, 1.82) is 0 Å². The first-order chi connectivity index (χ1) is 12.6. The van der Waals surface area contributed by atoms with Gasteiger partial charge in [0.05, 0.1) is 26.4 Å². The molecule has 0 saturated carbocycles. The minimum absolute atomic E-state index is 0.368. The Balaban J connectivity index is 2.04. The van der Waals surface area contributed by atoms with Gasteiger partial charge in [-0.3, -0.25) is 0 Å². The Morgan fingerprint density at radius 1 is 1.08 bits per heavy atom. The van der Waals surface area contributed by atoms with Gasteiger partial charge in [-0.2, -0.15) is 0 Å². The van der Waals surface area contributed by atoms with Crippen molar-refractivity contribution in [2.75, 3.05) is 38.4 Å². The number of esters is 1. The second kappa shape index (κ2) is 9.56. The molecule has 26 heavy (non-hydrogen) atoms. The average molecular weight is 358 g/mol. The Kier molecular flexibility index (Phi) is 7.14. The third kappa shape index (κ3) is 5.05. The zero-order valence-electron chi connectivity index (χ0n) is 15.5. The number of methoxy groups -OCH3 is 2. The second-order valence-corrected chi connectivity index (χ2v) is 5.81. The summed E-state index contributed by atoms with van der Waals surface area (Å²) >= 11 is 0. The maximum atomic E-state index is 12.2. The van der Waals surface area contributed by atoms with Gasteiger partial charge in [-0.25, -0.2) is 4.79 Å². The molecule has 0 saturated heterocycles. The maximum absolute atomic E-state index is 12.2. The number of nitrogens with two attached hydrogens (primary N) is 1. The molecule has 6 nitrogen and oxygen atoms in total. The van der Waals surface area contributed by atoms with E-state index < -0.39 is 0 Å². The van der Waals surface area contributed by atoms with Crippen molar-refractivity contribution in [3.63, 3.8) is 0 Å². The molecule has 0 fully saturated rings. The second-order valence-electron chi connectivity index (χ2n) is 5.81. The summed E-state index contributed by atoms with van der Waals surface area (Å²) in [5.74, 6) is 1.03. The zero-order valence-corrected chi connectivity index (χ0v) is 15.5. The van der Waals surface area contributed by atoms with E-state index in [1.165, 1.54) is 0 Å². The van der Waals surface area contributed by atoms with Crippen LogP contribution >= 0.6 is 0 Å². The summed E-state index contributed by atoms with van der Waals surface area (Å²) < 4.78 is 15.8. The Morgan fingerprint density at radius 2 is 1.85 bits per heavy atom. The highest BCUT2D eigenvalue weighted by Crippen LogP contribution is 2.28. The van der Waals surface area contributed by atoms with Crippen molar-refractivity contribution in [2.24, 2.45) is 0 Å². The van der Waals surface area contributed by atoms with Crippen LogP contribution in [0.4, 0.5) is 11.4 Å². The van der Waals surface area contributed by atoms with E-state index in [0.29, 0.717) is 41.6 Å². The first kappa shape index (κ1) is 19.4. The Labute approximate surface area is 154 Å². The molecule has 0 aromatic heterocycles. The standard InChI is InChI=1S/C20H26N2O4/c1-4-11-26-20(23)16-13-15(21)6-7-17(16)22-10-9-14-5-8-18(24-2)19(12-14)25-3/h5-8,12-13,22H,4,9-11,21H2,1-3H3. The molecular weight excluding hydrogens is 332 g/mol. The summed E-state index contributed by atoms with van der Waals surface area (Å²) in [6.07, 6.45) is 1.53. The molecule has 2 aromatic rings. The lowest BCUT2D eigenvalue weighted by atomic mass is 10.1. The number of rotatable bonds is 9.